The second-order valence-electron chi connectivity index (χ2n) is 4.06. The lowest BCUT2D eigenvalue weighted by molar-refractivity contribution is -0.385. The van der Waals surface area contributed by atoms with E-state index in [9.17, 15) is 14.9 Å². The van der Waals surface area contributed by atoms with E-state index in [1.165, 1.54) is 29.6 Å². The average Bonchev–Trinajstić information content (AvgIpc) is 2.88. The smallest absolute Gasteiger partial charge is 0.276 e. The van der Waals surface area contributed by atoms with Crippen molar-refractivity contribution in [2.75, 3.05) is 0 Å². The highest BCUT2D eigenvalue weighted by Crippen LogP contribution is 2.22. The van der Waals surface area contributed by atoms with Crippen LogP contribution in [0.15, 0.2) is 46.3 Å². The molecule has 0 atom stereocenters. The minimum Gasteiger partial charge on any atom is -0.348 e. The fourth-order valence-electron chi connectivity index (χ4n) is 1.64. The van der Waals surface area contributed by atoms with Crippen LogP contribution in [0.1, 0.15) is 10.4 Å². The molecule has 0 unspecified atom stereocenters. The Morgan fingerprint density at radius 3 is 2.81 bits per heavy atom. The van der Waals surface area contributed by atoms with Crippen LogP contribution in [0.2, 0.25) is 0 Å². The highest BCUT2D eigenvalue weighted by atomic mass is 79.9. The van der Waals surface area contributed by atoms with Gasteiger partial charge >= 0.3 is 0 Å². The Bertz CT molecular complexity index is 697. The molecule has 1 aromatic carbocycles. The van der Waals surface area contributed by atoms with Crippen molar-refractivity contribution in [1.29, 1.82) is 0 Å². The minimum atomic E-state index is -0.472. The molecule has 0 saturated carbocycles. The number of nitrogens with one attached hydrogen (secondary N) is 1. The van der Waals surface area contributed by atoms with Gasteiger partial charge in [-0.15, -0.1) is 11.3 Å². The molecule has 1 N–H and O–H groups in total. The van der Waals surface area contributed by atoms with Gasteiger partial charge < -0.3 is 5.32 Å². The van der Waals surface area contributed by atoms with Crippen molar-refractivity contribution in [3.05, 3.63) is 66.8 Å². The van der Waals surface area contributed by atoms with Gasteiger partial charge in [0.25, 0.3) is 5.69 Å². The molecule has 0 saturated heterocycles. The minimum absolute atomic E-state index is 0.0254. The second kappa shape index (κ2) is 7.14. The molecule has 1 aromatic heterocycles. The molecule has 2 rings (SSSR count). The van der Waals surface area contributed by atoms with Gasteiger partial charge in [-0.05, 0) is 39.5 Å². The van der Waals surface area contributed by atoms with Gasteiger partial charge in [-0.1, -0.05) is 12.1 Å². The molecule has 0 spiro atoms. The summed E-state index contributed by atoms with van der Waals surface area (Å²) in [6.07, 6.45) is 2.74. The van der Waals surface area contributed by atoms with Crippen molar-refractivity contribution in [3.63, 3.8) is 0 Å². The first kappa shape index (κ1) is 15.4. The highest BCUT2D eigenvalue weighted by Gasteiger charge is 2.09. The number of nitro groups is 1. The van der Waals surface area contributed by atoms with E-state index in [1.807, 2.05) is 11.4 Å². The van der Waals surface area contributed by atoms with Crippen LogP contribution < -0.4 is 5.32 Å². The monoisotopic (exact) mass is 366 g/mol. The van der Waals surface area contributed by atoms with Gasteiger partial charge in [-0.3, -0.25) is 14.9 Å². The molecule has 0 fully saturated rings. The van der Waals surface area contributed by atoms with Crippen LogP contribution >= 0.6 is 27.3 Å². The van der Waals surface area contributed by atoms with Crippen molar-refractivity contribution in [2.24, 2.45) is 0 Å². The Morgan fingerprint density at radius 2 is 2.14 bits per heavy atom. The van der Waals surface area contributed by atoms with E-state index >= 15 is 0 Å². The number of benzene rings is 1. The maximum absolute atomic E-state index is 11.7. The summed E-state index contributed by atoms with van der Waals surface area (Å²) in [5.41, 5.74) is 0.373. The molecular formula is C14H11BrN2O3S. The van der Waals surface area contributed by atoms with Crippen LogP contribution in [0.25, 0.3) is 6.08 Å². The fraction of sp³-hybridized carbons (Fsp3) is 0.0714. The first-order valence-corrected chi connectivity index (χ1v) is 7.66. The van der Waals surface area contributed by atoms with E-state index in [1.54, 1.807) is 18.2 Å². The number of halogens is 1. The molecule has 0 aliphatic carbocycles. The standard InChI is InChI=1S/C14H11BrN2O3S/c15-11-7-8-21-13(11)9-16-14(18)6-5-10-3-1-2-4-12(10)17(19)20/h1-8H,9H2,(H,16,18)/b6-5+. The summed E-state index contributed by atoms with van der Waals surface area (Å²) in [5.74, 6) is -0.298. The first-order valence-electron chi connectivity index (χ1n) is 5.99. The average molecular weight is 367 g/mol. The number of thiophene rings is 1. The number of hydrogen-bond acceptors (Lipinski definition) is 4. The van der Waals surface area contributed by atoms with Gasteiger partial charge in [0.2, 0.25) is 5.91 Å². The number of para-hydroxylation sites is 1. The molecule has 2 aromatic rings. The molecule has 1 heterocycles. The zero-order valence-corrected chi connectivity index (χ0v) is 13.2. The van der Waals surface area contributed by atoms with E-state index in [-0.39, 0.29) is 11.6 Å². The summed E-state index contributed by atoms with van der Waals surface area (Å²) in [7, 11) is 0. The largest absolute Gasteiger partial charge is 0.348 e. The van der Waals surface area contributed by atoms with Crippen LogP contribution in [0, 0.1) is 10.1 Å². The SMILES string of the molecule is O=C(/C=C/c1ccccc1[N+](=O)[O-])NCc1sccc1Br. The van der Waals surface area contributed by atoms with Crippen molar-refractivity contribution in [2.45, 2.75) is 6.54 Å². The van der Waals surface area contributed by atoms with Crippen LogP contribution in [0.3, 0.4) is 0 Å². The van der Waals surface area contributed by atoms with Gasteiger partial charge in [-0.2, -0.15) is 0 Å². The van der Waals surface area contributed by atoms with Crippen LogP contribution in [-0.2, 0) is 11.3 Å². The number of carbonyl (C=O) groups excluding carboxylic acids is 1. The Morgan fingerprint density at radius 1 is 1.38 bits per heavy atom. The lowest BCUT2D eigenvalue weighted by Gasteiger charge is -2.00. The number of rotatable bonds is 5. The van der Waals surface area contributed by atoms with Gasteiger partial charge in [-0.25, -0.2) is 0 Å². The summed E-state index contributed by atoms with van der Waals surface area (Å²) < 4.78 is 0.954. The lowest BCUT2D eigenvalue weighted by Crippen LogP contribution is -2.19. The normalized spacial score (nSPS) is 10.7. The van der Waals surface area contributed by atoms with E-state index in [0.29, 0.717) is 12.1 Å². The van der Waals surface area contributed by atoms with Crippen molar-refractivity contribution in [3.8, 4) is 0 Å². The topological polar surface area (TPSA) is 72.2 Å². The maximum Gasteiger partial charge on any atom is 0.276 e. The third kappa shape index (κ3) is 4.24. The molecule has 0 radical (unpaired) electrons. The summed E-state index contributed by atoms with van der Waals surface area (Å²) >= 11 is 4.92. The summed E-state index contributed by atoms with van der Waals surface area (Å²) in [4.78, 5) is 23.1. The highest BCUT2D eigenvalue weighted by molar-refractivity contribution is 9.10. The van der Waals surface area contributed by atoms with Crippen LogP contribution in [0.4, 0.5) is 5.69 Å². The predicted molar refractivity (Wildman–Crippen MR) is 86.0 cm³/mol. The molecule has 5 nitrogen and oxygen atoms in total. The fourth-order valence-corrected chi connectivity index (χ4v) is 3.07. The maximum atomic E-state index is 11.7. The quantitative estimate of drug-likeness (QED) is 0.497. The number of nitro benzene ring substituents is 1. The molecule has 0 aliphatic heterocycles. The van der Waals surface area contributed by atoms with Crippen molar-refractivity contribution in [1.82, 2.24) is 5.32 Å². The molecular weight excluding hydrogens is 356 g/mol. The molecule has 0 aliphatic rings. The number of amides is 1. The predicted octanol–water partition coefficient (Wildman–Crippen LogP) is 3.75. The molecule has 7 heteroatoms. The van der Waals surface area contributed by atoms with E-state index in [4.69, 9.17) is 0 Å². The second-order valence-corrected chi connectivity index (χ2v) is 5.91. The van der Waals surface area contributed by atoms with Gasteiger partial charge in [0.1, 0.15) is 0 Å². The third-order valence-electron chi connectivity index (χ3n) is 2.66. The number of carbonyl (C=O) groups is 1. The zero-order chi connectivity index (χ0) is 15.2. The molecule has 108 valence electrons. The van der Waals surface area contributed by atoms with Crippen molar-refractivity contribution >= 4 is 44.9 Å². The van der Waals surface area contributed by atoms with Gasteiger partial charge in [0.05, 0.1) is 17.0 Å². The zero-order valence-electron chi connectivity index (χ0n) is 10.8. The first-order chi connectivity index (χ1) is 10.1. The summed E-state index contributed by atoms with van der Waals surface area (Å²) in [5, 5.41) is 15.5. The van der Waals surface area contributed by atoms with Crippen LogP contribution in [-0.4, -0.2) is 10.8 Å². The van der Waals surface area contributed by atoms with E-state index in [0.717, 1.165) is 9.35 Å². The Kier molecular flexibility index (Phi) is 5.24. The number of nitrogens with zero attached hydrogens (tertiary/aromatic N) is 1. The lowest BCUT2D eigenvalue weighted by atomic mass is 10.1. The Labute approximate surface area is 133 Å². The summed E-state index contributed by atoms with van der Waals surface area (Å²) in [6, 6.07) is 8.19. The van der Waals surface area contributed by atoms with Crippen LogP contribution in [0.5, 0.6) is 0 Å². The number of hydrogen-bond donors (Lipinski definition) is 1. The Hall–Kier alpha value is -1.99. The summed E-state index contributed by atoms with van der Waals surface area (Å²) in [6.45, 7) is 0.415. The molecule has 0 bridgehead atoms. The van der Waals surface area contributed by atoms with E-state index < -0.39 is 4.92 Å². The van der Waals surface area contributed by atoms with Crippen molar-refractivity contribution < 1.29 is 9.72 Å². The van der Waals surface area contributed by atoms with E-state index in [2.05, 4.69) is 21.2 Å². The van der Waals surface area contributed by atoms with Gasteiger partial charge in [0, 0.05) is 21.5 Å². The Balaban J connectivity index is 1.99. The molecule has 1 amide bonds. The molecule has 21 heavy (non-hydrogen) atoms. The van der Waals surface area contributed by atoms with Gasteiger partial charge in [0.15, 0.2) is 0 Å². The third-order valence-corrected chi connectivity index (χ3v) is 4.59.